The van der Waals surface area contributed by atoms with Gasteiger partial charge in [-0.05, 0) is 43.7 Å². The molecule has 2 rings (SSSR count). The molecule has 0 aliphatic carbocycles. The number of hydrogen-bond acceptors (Lipinski definition) is 3. The third-order valence-electron chi connectivity index (χ3n) is 3.11. The maximum absolute atomic E-state index is 11.6. The van der Waals surface area contributed by atoms with E-state index in [4.69, 9.17) is 9.47 Å². The minimum atomic E-state index is -0.518. The number of benzene rings is 2. The van der Waals surface area contributed by atoms with Crippen molar-refractivity contribution in [3.8, 4) is 11.5 Å². The number of nitrogens with one attached hydrogen (secondary N) is 1. The molecule has 2 aromatic carbocycles. The van der Waals surface area contributed by atoms with Crippen molar-refractivity contribution in [1.82, 2.24) is 5.32 Å². The van der Waals surface area contributed by atoms with Crippen LogP contribution in [0, 0.1) is 0 Å². The minimum absolute atomic E-state index is 0.119. The normalized spacial score (nSPS) is 11.5. The standard InChI is InChI=1S/C18H21NO3/c1-3-19-18(20)14(2)22-17-11-9-16(10-12-17)21-13-15-7-5-4-6-8-15/h4-12,14H,3,13H2,1-2H3,(H,19,20)/t14-/m0/s1. The zero-order valence-electron chi connectivity index (χ0n) is 12.9. The van der Waals surface area contributed by atoms with Crippen molar-refractivity contribution >= 4 is 5.91 Å². The summed E-state index contributed by atoms with van der Waals surface area (Å²) in [5.74, 6) is 1.29. The van der Waals surface area contributed by atoms with Crippen LogP contribution in [0.15, 0.2) is 54.6 Å². The highest BCUT2D eigenvalue weighted by Crippen LogP contribution is 2.19. The van der Waals surface area contributed by atoms with E-state index in [0.717, 1.165) is 11.3 Å². The molecule has 1 atom stereocenters. The van der Waals surface area contributed by atoms with Crippen LogP contribution < -0.4 is 14.8 Å². The van der Waals surface area contributed by atoms with Gasteiger partial charge >= 0.3 is 0 Å². The topological polar surface area (TPSA) is 47.6 Å². The molecule has 2 aromatic rings. The van der Waals surface area contributed by atoms with Gasteiger partial charge in [0.25, 0.3) is 5.91 Å². The smallest absolute Gasteiger partial charge is 0.260 e. The number of ether oxygens (including phenoxy) is 2. The molecule has 0 radical (unpaired) electrons. The molecule has 22 heavy (non-hydrogen) atoms. The Morgan fingerprint density at radius 2 is 1.68 bits per heavy atom. The summed E-state index contributed by atoms with van der Waals surface area (Å²) < 4.78 is 11.3. The van der Waals surface area contributed by atoms with Crippen LogP contribution in [0.2, 0.25) is 0 Å². The van der Waals surface area contributed by atoms with Gasteiger partial charge in [0.1, 0.15) is 18.1 Å². The summed E-state index contributed by atoms with van der Waals surface area (Å²) in [5.41, 5.74) is 1.12. The highest BCUT2D eigenvalue weighted by atomic mass is 16.5. The Labute approximate surface area is 131 Å². The molecule has 0 heterocycles. The molecule has 0 aromatic heterocycles. The summed E-state index contributed by atoms with van der Waals surface area (Å²) in [7, 11) is 0. The van der Waals surface area contributed by atoms with Crippen molar-refractivity contribution in [2.24, 2.45) is 0 Å². The number of hydrogen-bond donors (Lipinski definition) is 1. The Kier molecular flexibility index (Phi) is 5.83. The number of carbonyl (C=O) groups is 1. The molecule has 0 aliphatic rings. The van der Waals surface area contributed by atoms with Gasteiger partial charge in [0.15, 0.2) is 6.10 Å². The van der Waals surface area contributed by atoms with E-state index in [1.54, 1.807) is 19.1 Å². The molecule has 116 valence electrons. The monoisotopic (exact) mass is 299 g/mol. The van der Waals surface area contributed by atoms with Crippen LogP contribution in [-0.2, 0) is 11.4 Å². The zero-order chi connectivity index (χ0) is 15.8. The average Bonchev–Trinajstić information content (AvgIpc) is 2.55. The Hall–Kier alpha value is -2.49. The molecule has 1 N–H and O–H groups in total. The van der Waals surface area contributed by atoms with Gasteiger partial charge < -0.3 is 14.8 Å². The van der Waals surface area contributed by atoms with Crippen LogP contribution in [0.3, 0.4) is 0 Å². The lowest BCUT2D eigenvalue weighted by atomic mass is 10.2. The van der Waals surface area contributed by atoms with Crippen LogP contribution in [0.5, 0.6) is 11.5 Å². The van der Waals surface area contributed by atoms with Gasteiger partial charge in [0.2, 0.25) is 0 Å². The van der Waals surface area contributed by atoms with Crippen LogP contribution in [0.4, 0.5) is 0 Å². The summed E-state index contributed by atoms with van der Waals surface area (Å²) in [5, 5.41) is 2.73. The first-order valence-electron chi connectivity index (χ1n) is 7.40. The van der Waals surface area contributed by atoms with Crippen molar-refractivity contribution in [2.75, 3.05) is 6.54 Å². The summed E-state index contributed by atoms with van der Waals surface area (Å²) in [6.45, 7) is 4.73. The zero-order valence-corrected chi connectivity index (χ0v) is 12.9. The molecule has 4 heteroatoms. The van der Waals surface area contributed by atoms with Gasteiger partial charge in [-0.25, -0.2) is 0 Å². The SMILES string of the molecule is CCNC(=O)[C@H](C)Oc1ccc(OCc2ccccc2)cc1. The molecule has 0 spiro atoms. The van der Waals surface area contributed by atoms with Crippen LogP contribution in [0.25, 0.3) is 0 Å². The average molecular weight is 299 g/mol. The van der Waals surface area contributed by atoms with Crippen LogP contribution in [-0.4, -0.2) is 18.6 Å². The van der Waals surface area contributed by atoms with Gasteiger partial charge in [-0.3, -0.25) is 4.79 Å². The fourth-order valence-electron chi connectivity index (χ4n) is 1.93. The van der Waals surface area contributed by atoms with E-state index in [1.807, 2.05) is 49.4 Å². The number of likely N-dealkylation sites (N-methyl/N-ethyl adjacent to an activating group) is 1. The summed E-state index contributed by atoms with van der Waals surface area (Å²) in [4.78, 5) is 11.6. The lowest BCUT2D eigenvalue weighted by Gasteiger charge is -2.14. The summed E-state index contributed by atoms with van der Waals surface area (Å²) in [6, 6.07) is 17.3. The van der Waals surface area contributed by atoms with E-state index >= 15 is 0 Å². The molecule has 0 bridgehead atoms. The number of rotatable bonds is 7. The Morgan fingerprint density at radius 3 is 2.32 bits per heavy atom. The van der Waals surface area contributed by atoms with Crippen molar-refractivity contribution in [3.05, 3.63) is 60.2 Å². The minimum Gasteiger partial charge on any atom is -0.489 e. The van der Waals surface area contributed by atoms with E-state index < -0.39 is 6.10 Å². The van der Waals surface area contributed by atoms with Crippen molar-refractivity contribution < 1.29 is 14.3 Å². The Bertz CT molecular complexity index is 581. The predicted molar refractivity (Wildman–Crippen MR) is 86.0 cm³/mol. The summed E-state index contributed by atoms with van der Waals surface area (Å²) >= 11 is 0. The van der Waals surface area contributed by atoms with Gasteiger partial charge in [-0.1, -0.05) is 30.3 Å². The number of carbonyl (C=O) groups excluding carboxylic acids is 1. The highest BCUT2D eigenvalue weighted by Gasteiger charge is 2.13. The molecule has 0 saturated carbocycles. The van der Waals surface area contributed by atoms with E-state index in [1.165, 1.54) is 0 Å². The highest BCUT2D eigenvalue weighted by molar-refractivity contribution is 5.80. The lowest BCUT2D eigenvalue weighted by molar-refractivity contribution is -0.127. The molecule has 1 amide bonds. The number of amides is 1. The first-order valence-corrected chi connectivity index (χ1v) is 7.40. The van der Waals surface area contributed by atoms with Crippen molar-refractivity contribution in [1.29, 1.82) is 0 Å². The quantitative estimate of drug-likeness (QED) is 0.854. The molecule has 0 aliphatic heterocycles. The fourth-order valence-corrected chi connectivity index (χ4v) is 1.93. The maximum atomic E-state index is 11.6. The second-order valence-electron chi connectivity index (χ2n) is 4.90. The van der Waals surface area contributed by atoms with Crippen molar-refractivity contribution in [3.63, 3.8) is 0 Å². The molecule has 0 saturated heterocycles. The first kappa shape index (κ1) is 15.9. The maximum Gasteiger partial charge on any atom is 0.260 e. The van der Waals surface area contributed by atoms with Crippen LogP contribution >= 0.6 is 0 Å². The van der Waals surface area contributed by atoms with Gasteiger partial charge in [-0.15, -0.1) is 0 Å². The molecule has 0 fully saturated rings. The van der Waals surface area contributed by atoms with E-state index in [2.05, 4.69) is 5.32 Å². The molecular weight excluding hydrogens is 278 g/mol. The third kappa shape index (κ3) is 4.81. The lowest BCUT2D eigenvalue weighted by Crippen LogP contribution is -2.36. The van der Waals surface area contributed by atoms with Gasteiger partial charge in [0.05, 0.1) is 0 Å². The summed E-state index contributed by atoms with van der Waals surface area (Å²) in [6.07, 6.45) is -0.518. The van der Waals surface area contributed by atoms with E-state index in [9.17, 15) is 4.79 Å². The second-order valence-corrected chi connectivity index (χ2v) is 4.90. The molecule has 4 nitrogen and oxygen atoms in total. The largest absolute Gasteiger partial charge is 0.489 e. The van der Waals surface area contributed by atoms with Crippen molar-refractivity contribution in [2.45, 2.75) is 26.6 Å². The molecular formula is C18H21NO3. The van der Waals surface area contributed by atoms with Crippen LogP contribution in [0.1, 0.15) is 19.4 Å². The molecule has 0 unspecified atom stereocenters. The first-order chi connectivity index (χ1) is 10.7. The Morgan fingerprint density at radius 1 is 1.05 bits per heavy atom. The second kappa shape index (κ2) is 8.08. The van der Waals surface area contributed by atoms with E-state index in [-0.39, 0.29) is 5.91 Å². The third-order valence-corrected chi connectivity index (χ3v) is 3.11. The van der Waals surface area contributed by atoms with Gasteiger partial charge in [0, 0.05) is 6.54 Å². The van der Waals surface area contributed by atoms with Gasteiger partial charge in [-0.2, -0.15) is 0 Å². The Balaban J connectivity index is 1.86. The predicted octanol–water partition coefficient (Wildman–Crippen LogP) is 3.17. The fraction of sp³-hybridized carbons (Fsp3) is 0.278. The van der Waals surface area contributed by atoms with E-state index in [0.29, 0.717) is 18.9 Å².